The van der Waals surface area contributed by atoms with Crippen molar-refractivity contribution in [1.29, 1.82) is 0 Å². The standard InChI is InChI=1S/C22H17N3O4/c1-24-19-17(20(26)25(2)22(24)28)15(12-8-4-3-5-9-12)16-18(23-19)13-10-6-7-11-14(13)29-21(16)27/h3-11,15,23H,1-2H3. The largest absolute Gasteiger partial charge is 0.422 e. The van der Waals surface area contributed by atoms with E-state index in [-0.39, 0.29) is 0 Å². The fourth-order valence-electron chi connectivity index (χ4n) is 4.08. The normalized spacial score (nSPS) is 14.9. The van der Waals surface area contributed by atoms with Crippen LogP contribution in [0.2, 0.25) is 0 Å². The predicted molar refractivity (Wildman–Crippen MR) is 110 cm³/mol. The molecule has 0 amide bonds. The fraction of sp³-hybridized carbons (Fsp3) is 0.136. The molecule has 0 bridgehead atoms. The Labute approximate surface area is 164 Å². The van der Waals surface area contributed by atoms with Crippen LogP contribution < -0.4 is 22.2 Å². The van der Waals surface area contributed by atoms with Gasteiger partial charge in [-0.3, -0.25) is 13.9 Å². The van der Waals surface area contributed by atoms with Crippen LogP contribution >= 0.6 is 0 Å². The second-order valence-electron chi connectivity index (χ2n) is 7.11. The predicted octanol–water partition coefficient (Wildman–Crippen LogP) is 2.43. The van der Waals surface area contributed by atoms with E-state index in [0.717, 1.165) is 10.1 Å². The summed E-state index contributed by atoms with van der Waals surface area (Å²) in [4.78, 5) is 38.7. The quantitative estimate of drug-likeness (QED) is 0.447. The summed E-state index contributed by atoms with van der Waals surface area (Å²) in [7, 11) is 3.04. The highest BCUT2D eigenvalue weighted by atomic mass is 16.4. The molecule has 1 unspecified atom stereocenters. The first-order valence-electron chi connectivity index (χ1n) is 9.16. The lowest BCUT2D eigenvalue weighted by Gasteiger charge is -2.30. The Morgan fingerprint density at radius 3 is 2.31 bits per heavy atom. The second-order valence-corrected chi connectivity index (χ2v) is 7.11. The molecule has 5 rings (SSSR count). The van der Waals surface area contributed by atoms with Crippen LogP contribution in [0.3, 0.4) is 0 Å². The fourth-order valence-corrected chi connectivity index (χ4v) is 4.08. The molecule has 1 aliphatic heterocycles. The first kappa shape index (κ1) is 17.2. The minimum absolute atomic E-state index is 0.343. The minimum atomic E-state index is -0.659. The van der Waals surface area contributed by atoms with Gasteiger partial charge in [0.15, 0.2) is 0 Å². The van der Waals surface area contributed by atoms with Crippen LogP contribution in [-0.2, 0) is 14.1 Å². The SMILES string of the molecule is Cn1c2c(c(=O)n(C)c1=O)C(c1ccccc1)c1c(c3ccccc3oc1=O)N2. The van der Waals surface area contributed by atoms with E-state index in [1.165, 1.54) is 11.6 Å². The summed E-state index contributed by atoms with van der Waals surface area (Å²) in [5.41, 5.74) is 1.08. The molecule has 0 radical (unpaired) electrons. The number of benzene rings is 2. The average molecular weight is 387 g/mol. The van der Waals surface area contributed by atoms with Gasteiger partial charge in [-0.2, -0.15) is 0 Å². The zero-order valence-electron chi connectivity index (χ0n) is 15.8. The van der Waals surface area contributed by atoms with Gasteiger partial charge in [-0.25, -0.2) is 9.59 Å². The van der Waals surface area contributed by atoms with Crippen LogP contribution in [0.25, 0.3) is 11.0 Å². The van der Waals surface area contributed by atoms with Gasteiger partial charge in [0.1, 0.15) is 11.4 Å². The monoisotopic (exact) mass is 387 g/mol. The zero-order chi connectivity index (χ0) is 20.3. The number of anilines is 2. The summed E-state index contributed by atoms with van der Waals surface area (Å²) < 4.78 is 8.04. The van der Waals surface area contributed by atoms with Crippen LogP contribution in [0, 0.1) is 0 Å². The van der Waals surface area contributed by atoms with Crippen LogP contribution in [0.15, 0.2) is 73.4 Å². The number of rotatable bonds is 1. The van der Waals surface area contributed by atoms with Crippen molar-refractivity contribution in [2.24, 2.45) is 14.1 Å². The molecule has 0 saturated heterocycles. The molecule has 2 aromatic heterocycles. The summed E-state index contributed by atoms with van der Waals surface area (Å²) in [6, 6.07) is 16.5. The molecule has 4 aromatic rings. The molecule has 0 aliphatic carbocycles. The summed E-state index contributed by atoms with van der Waals surface area (Å²) in [5.74, 6) is -0.274. The van der Waals surface area contributed by atoms with Gasteiger partial charge in [0.2, 0.25) is 0 Å². The van der Waals surface area contributed by atoms with E-state index in [0.29, 0.717) is 33.6 Å². The maximum absolute atomic E-state index is 13.1. The maximum Gasteiger partial charge on any atom is 0.342 e. The zero-order valence-corrected chi connectivity index (χ0v) is 15.8. The molecule has 0 fully saturated rings. The van der Waals surface area contributed by atoms with E-state index < -0.39 is 22.8 Å². The summed E-state index contributed by atoms with van der Waals surface area (Å²) >= 11 is 0. The van der Waals surface area contributed by atoms with E-state index in [1.807, 2.05) is 42.5 Å². The highest BCUT2D eigenvalue weighted by molar-refractivity contribution is 5.95. The Bertz CT molecular complexity index is 1460. The molecule has 1 atom stereocenters. The third-order valence-corrected chi connectivity index (χ3v) is 5.50. The number of hydrogen-bond donors (Lipinski definition) is 1. The van der Waals surface area contributed by atoms with Gasteiger partial charge in [0.05, 0.1) is 22.7 Å². The first-order valence-corrected chi connectivity index (χ1v) is 9.16. The number of hydrogen-bond acceptors (Lipinski definition) is 5. The van der Waals surface area contributed by atoms with Gasteiger partial charge in [-0.1, -0.05) is 42.5 Å². The van der Waals surface area contributed by atoms with Gasteiger partial charge in [0.25, 0.3) is 5.56 Å². The molecule has 29 heavy (non-hydrogen) atoms. The van der Waals surface area contributed by atoms with E-state index in [9.17, 15) is 14.4 Å². The molecule has 7 nitrogen and oxygen atoms in total. The highest BCUT2D eigenvalue weighted by Crippen LogP contribution is 2.43. The number of aromatic nitrogens is 2. The highest BCUT2D eigenvalue weighted by Gasteiger charge is 2.36. The molecule has 0 saturated carbocycles. The van der Waals surface area contributed by atoms with Crippen LogP contribution in [-0.4, -0.2) is 9.13 Å². The van der Waals surface area contributed by atoms with Crippen molar-refractivity contribution in [2.75, 3.05) is 5.32 Å². The third kappa shape index (κ3) is 2.34. The Kier molecular flexibility index (Phi) is 3.61. The van der Waals surface area contributed by atoms with Crippen LogP contribution in [0.4, 0.5) is 11.5 Å². The van der Waals surface area contributed by atoms with Gasteiger partial charge in [-0.05, 0) is 17.7 Å². The molecule has 0 spiro atoms. The van der Waals surface area contributed by atoms with Crippen LogP contribution in [0.1, 0.15) is 22.6 Å². The van der Waals surface area contributed by atoms with Gasteiger partial charge < -0.3 is 9.73 Å². The van der Waals surface area contributed by atoms with Crippen molar-refractivity contribution in [3.8, 4) is 0 Å². The van der Waals surface area contributed by atoms with E-state index >= 15 is 0 Å². The Morgan fingerprint density at radius 1 is 0.862 bits per heavy atom. The smallest absolute Gasteiger partial charge is 0.342 e. The van der Waals surface area contributed by atoms with Gasteiger partial charge >= 0.3 is 11.3 Å². The lowest BCUT2D eigenvalue weighted by molar-refractivity contribution is 0.546. The molecule has 1 aliphatic rings. The number of nitrogens with one attached hydrogen (secondary N) is 1. The Balaban J connectivity index is 1.99. The number of fused-ring (bicyclic) bond motifs is 4. The van der Waals surface area contributed by atoms with Crippen molar-refractivity contribution in [3.63, 3.8) is 0 Å². The van der Waals surface area contributed by atoms with Crippen LogP contribution in [0.5, 0.6) is 0 Å². The first-order chi connectivity index (χ1) is 14.0. The summed E-state index contributed by atoms with van der Waals surface area (Å²) in [6.07, 6.45) is 0. The van der Waals surface area contributed by atoms with Crippen molar-refractivity contribution in [1.82, 2.24) is 9.13 Å². The van der Waals surface area contributed by atoms with E-state index in [1.54, 1.807) is 19.2 Å². The molecule has 3 heterocycles. The molecule has 7 heteroatoms. The Hall–Kier alpha value is -3.87. The number of para-hydroxylation sites is 1. The topological polar surface area (TPSA) is 86.2 Å². The van der Waals surface area contributed by atoms with Crippen molar-refractivity contribution < 1.29 is 4.42 Å². The number of nitrogens with zero attached hydrogens (tertiary/aromatic N) is 2. The molecule has 144 valence electrons. The average Bonchev–Trinajstić information content (AvgIpc) is 2.75. The lowest BCUT2D eigenvalue weighted by Crippen LogP contribution is -2.43. The minimum Gasteiger partial charge on any atom is -0.422 e. The van der Waals surface area contributed by atoms with E-state index in [4.69, 9.17) is 4.42 Å². The molecule has 1 N–H and O–H groups in total. The molecule has 2 aromatic carbocycles. The van der Waals surface area contributed by atoms with Gasteiger partial charge in [-0.15, -0.1) is 0 Å². The maximum atomic E-state index is 13.1. The second kappa shape index (κ2) is 6.07. The molecular weight excluding hydrogens is 370 g/mol. The third-order valence-electron chi connectivity index (χ3n) is 5.50. The van der Waals surface area contributed by atoms with Crippen molar-refractivity contribution in [3.05, 3.63) is 103 Å². The summed E-state index contributed by atoms with van der Waals surface area (Å²) in [5, 5.41) is 3.90. The van der Waals surface area contributed by atoms with Crippen molar-refractivity contribution in [2.45, 2.75) is 5.92 Å². The Morgan fingerprint density at radius 2 is 1.55 bits per heavy atom. The summed E-state index contributed by atoms with van der Waals surface area (Å²) in [6.45, 7) is 0. The lowest BCUT2D eigenvalue weighted by atomic mass is 9.83. The van der Waals surface area contributed by atoms with Crippen molar-refractivity contribution >= 4 is 22.5 Å². The van der Waals surface area contributed by atoms with Gasteiger partial charge in [0, 0.05) is 19.5 Å². The van der Waals surface area contributed by atoms with E-state index in [2.05, 4.69) is 5.32 Å². The molecular formula is C22H17N3O4.